The van der Waals surface area contributed by atoms with Crippen molar-refractivity contribution >= 4 is 28.5 Å². The van der Waals surface area contributed by atoms with Gasteiger partial charge in [0.2, 0.25) is 0 Å². The van der Waals surface area contributed by atoms with E-state index in [1.54, 1.807) is 41.9 Å². The van der Waals surface area contributed by atoms with E-state index in [9.17, 15) is 14.9 Å². The van der Waals surface area contributed by atoms with Crippen molar-refractivity contribution in [3.8, 4) is 28.5 Å². The van der Waals surface area contributed by atoms with Crippen LogP contribution in [0.4, 0.5) is 0 Å². The molecule has 1 fully saturated rings. The molecule has 4 heterocycles. The van der Waals surface area contributed by atoms with E-state index in [4.69, 9.17) is 4.98 Å². The second-order valence-corrected chi connectivity index (χ2v) is 11.7. The molecule has 8 rings (SSSR count). The quantitative estimate of drug-likeness (QED) is 0.161. The average Bonchev–Trinajstić information content (AvgIpc) is 3.53. The van der Waals surface area contributed by atoms with E-state index in [1.165, 1.54) is 4.90 Å². The van der Waals surface area contributed by atoms with Crippen LogP contribution in [0.5, 0.6) is 0 Å². The largest absolute Gasteiger partial charge is 0.269 e. The Morgan fingerprint density at radius 3 is 2.20 bits per heavy atom. The predicted molar refractivity (Wildman–Crippen MR) is 170 cm³/mol. The predicted octanol–water partition coefficient (Wildman–Crippen LogP) is 6.88. The van der Waals surface area contributed by atoms with Crippen LogP contribution in [0.2, 0.25) is 0 Å². The van der Waals surface area contributed by atoms with Gasteiger partial charge in [0, 0.05) is 22.7 Å². The molecule has 8 heteroatoms. The molecule has 3 aromatic heterocycles. The third-order valence-electron chi connectivity index (χ3n) is 9.24. The van der Waals surface area contributed by atoms with E-state index >= 15 is 0 Å². The topological polar surface area (TPSA) is 104 Å². The maximum absolute atomic E-state index is 13.6. The molecule has 0 spiro atoms. The van der Waals surface area contributed by atoms with Crippen LogP contribution in [0.15, 0.2) is 104 Å². The lowest BCUT2D eigenvalue weighted by Gasteiger charge is -2.51. The first-order chi connectivity index (χ1) is 21.9. The number of pyridine rings is 1. The summed E-state index contributed by atoms with van der Waals surface area (Å²) in [6.07, 6.45) is 4.88. The third kappa shape index (κ3) is 3.80. The number of benzene rings is 3. The molecule has 216 valence electrons. The first-order valence-corrected chi connectivity index (χ1v) is 14.8. The number of nitrogens with zero attached hydrogens (tertiary/aromatic N) is 6. The van der Waals surface area contributed by atoms with Gasteiger partial charge in [-0.3, -0.25) is 14.5 Å². The number of fused-ring (bicyclic) bond motifs is 4. The summed E-state index contributed by atoms with van der Waals surface area (Å²) in [5, 5.41) is 15.1. The number of hydrogen-bond acceptors (Lipinski definition) is 6. The summed E-state index contributed by atoms with van der Waals surface area (Å²) < 4.78 is 1.64. The van der Waals surface area contributed by atoms with Gasteiger partial charge in [0.05, 0.1) is 28.1 Å². The van der Waals surface area contributed by atoms with Crippen LogP contribution in [0.3, 0.4) is 0 Å². The number of rotatable bonds is 5. The van der Waals surface area contributed by atoms with Gasteiger partial charge < -0.3 is 0 Å². The van der Waals surface area contributed by atoms with Gasteiger partial charge in [0.15, 0.2) is 11.3 Å². The fourth-order valence-electron chi connectivity index (χ4n) is 6.92. The van der Waals surface area contributed by atoms with E-state index in [0.29, 0.717) is 46.5 Å². The van der Waals surface area contributed by atoms with E-state index in [-0.39, 0.29) is 17.7 Å². The van der Waals surface area contributed by atoms with Crippen LogP contribution in [0, 0.1) is 24.2 Å². The molecule has 0 atom stereocenters. The molecule has 45 heavy (non-hydrogen) atoms. The van der Waals surface area contributed by atoms with Crippen molar-refractivity contribution in [3.05, 3.63) is 132 Å². The lowest BCUT2D eigenvalue weighted by atomic mass is 9.63. The van der Waals surface area contributed by atoms with Crippen molar-refractivity contribution < 1.29 is 9.59 Å². The number of allylic oxidation sites excluding steroid dienone is 1. The van der Waals surface area contributed by atoms with Crippen LogP contribution in [0.1, 0.15) is 50.4 Å². The summed E-state index contributed by atoms with van der Waals surface area (Å²) in [5.74, 6) is -0.310. The monoisotopic (exact) mass is 586 g/mol. The van der Waals surface area contributed by atoms with E-state index in [2.05, 4.69) is 28.8 Å². The van der Waals surface area contributed by atoms with Gasteiger partial charge in [0.1, 0.15) is 11.6 Å². The van der Waals surface area contributed by atoms with Gasteiger partial charge in [0.25, 0.3) is 11.8 Å². The Morgan fingerprint density at radius 1 is 0.889 bits per heavy atom. The Kier molecular flexibility index (Phi) is 5.80. The number of aromatic nitrogens is 4. The van der Waals surface area contributed by atoms with Crippen molar-refractivity contribution in [1.82, 2.24) is 24.5 Å². The average molecular weight is 587 g/mol. The number of carbonyl (C=O) groups excluding carboxylic acids is 2. The molecule has 0 bridgehead atoms. The summed E-state index contributed by atoms with van der Waals surface area (Å²) in [5.41, 5.74) is 6.64. The van der Waals surface area contributed by atoms with Gasteiger partial charge in [-0.05, 0) is 55.0 Å². The zero-order valence-electron chi connectivity index (χ0n) is 24.4. The SMILES string of the molecule is C=CC1CC(c2ccc(-c3nc4c(cnc5c(C#N)c(C)nn54)cc3-c3ccccc3)cc2)(N2C(=O)c3ccccc3C2=O)C1. The highest BCUT2D eigenvalue weighted by molar-refractivity contribution is 6.22. The Balaban J connectivity index is 1.28. The molecule has 2 aliphatic rings. The number of carbonyl (C=O) groups is 2. The van der Waals surface area contributed by atoms with E-state index in [0.717, 1.165) is 33.3 Å². The fourth-order valence-corrected chi connectivity index (χ4v) is 6.92. The number of hydrogen-bond donors (Lipinski definition) is 0. The highest BCUT2D eigenvalue weighted by atomic mass is 16.2. The van der Waals surface area contributed by atoms with Crippen LogP contribution in [-0.2, 0) is 5.54 Å². The molecule has 1 aliphatic heterocycles. The van der Waals surface area contributed by atoms with Crippen LogP contribution < -0.4 is 0 Å². The zero-order valence-corrected chi connectivity index (χ0v) is 24.4. The lowest BCUT2D eigenvalue weighted by Crippen LogP contribution is -2.56. The zero-order chi connectivity index (χ0) is 30.9. The summed E-state index contributed by atoms with van der Waals surface area (Å²) in [4.78, 5) is 38.4. The number of aryl methyl sites for hydroxylation is 1. The second-order valence-electron chi connectivity index (χ2n) is 11.7. The molecule has 0 unspecified atom stereocenters. The Hall–Kier alpha value is -5.94. The molecule has 0 radical (unpaired) electrons. The maximum Gasteiger partial charge on any atom is 0.262 e. The van der Waals surface area contributed by atoms with Gasteiger partial charge in [-0.25, -0.2) is 9.97 Å². The lowest BCUT2D eigenvalue weighted by molar-refractivity contribution is 0.00398. The first-order valence-electron chi connectivity index (χ1n) is 14.8. The normalized spacial score (nSPS) is 19.0. The number of nitriles is 1. The van der Waals surface area contributed by atoms with Crippen LogP contribution in [0.25, 0.3) is 39.1 Å². The highest BCUT2D eigenvalue weighted by Gasteiger charge is 2.56. The van der Waals surface area contributed by atoms with Crippen molar-refractivity contribution in [2.75, 3.05) is 0 Å². The smallest absolute Gasteiger partial charge is 0.262 e. The van der Waals surface area contributed by atoms with Gasteiger partial charge >= 0.3 is 0 Å². The van der Waals surface area contributed by atoms with Crippen molar-refractivity contribution in [2.45, 2.75) is 25.3 Å². The Bertz CT molecular complexity index is 2220. The summed E-state index contributed by atoms with van der Waals surface area (Å²) in [6.45, 7) is 5.76. The molecule has 6 aromatic rings. The van der Waals surface area contributed by atoms with Gasteiger partial charge in [-0.2, -0.15) is 14.9 Å². The van der Waals surface area contributed by atoms with E-state index < -0.39 is 5.54 Å². The van der Waals surface area contributed by atoms with Crippen molar-refractivity contribution in [1.29, 1.82) is 5.26 Å². The fraction of sp³-hybridized carbons (Fsp3) is 0.135. The first kappa shape index (κ1) is 26.7. The third-order valence-corrected chi connectivity index (χ3v) is 9.24. The molecule has 1 saturated carbocycles. The molecule has 3 aromatic carbocycles. The summed E-state index contributed by atoms with van der Waals surface area (Å²) in [6, 6.07) is 29.3. The minimum absolute atomic E-state index is 0.202. The number of amides is 2. The van der Waals surface area contributed by atoms with Crippen LogP contribution in [-0.4, -0.2) is 36.3 Å². The Morgan fingerprint density at radius 2 is 1.56 bits per heavy atom. The van der Waals surface area contributed by atoms with Crippen molar-refractivity contribution in [2.24, 2.45) is 5.92 Å². The molecule has 0 saturated heterocycles. The molecule has 2 amide bonds. The maximum atomic E-state index is 13.6. The molecular formula is C37H26N6O2. The second kappa shape index (κ2) is 9.79. The van der Waals surface area contributed by atoms with E-state index in [1.807, 2.05) is 60.7 Å². The molecular weight excluding hydrogens is 560 g/mol. The summed E-state index contributed by atoms with van der Waals surface area (Å²) >= 11 is 0. The minimum Gasteiger partial charge on any atom is -0.269 e. The highest BCUT2D eigenvalue weighted by Crippen LogP contribution is 2.53. The Labute approximate surface area is 258 Å². The van der Waals surface area contributed by atoms with Crippen LogP contribution >= 0.6 is 0 Å². The summed E-state index contributed by atoms with van der Waals surface area (Å²) in [7, 11) is 0. The van der Waals surface area contributed by atoms with Gasteiger partial charge in [-0.1, -0.05) is 72.8 Å². The minimum atomic E-state index is -0.762. The van der Waals surface area contributed by atoms with Crippen molar-refractivity contribution in [3.63, 3.8) is 0 Å². The number of imide groups is 1. The molecule has 8 nitrogen and oxygen atoms in total. The van der Waals surface area contributed by atoms with Gasteiger partial charge in [-0.15, -0.1) is 6.58 Å². The molecule has 1 aliphatic carbocycles. The standard InChI is InChI=1S/C37H26N6O2/c1-3-23-18-37(19-23,42-35(44)28-11-7-8-12-29(28)36(42)45)27-15-13-25(14-16-27)32-30(24-9-5-4-6-10-24)17-26-21-39-34-31(20-38)22(2)41-43(34)33(26)40-32/h3-17,21,23H,1,18-19H2,2H3. The molecule has 0 N–H and O–H groups in total.